The second-order valence-corrected chi connectivity index (χ2v) is 6.01. The summed E-state index contributed by atoms with van der Waals surface area (Å²) in [6.07, 6.45) is 1.32. The maximum absolute atomic E-state index is 3.49. The summed E-state index contributed by atoms with van der Waals surface area (Å²) in [4.78, 5) is 2.52. The first-order valence-electron chi connectivity index (χ1n) is 5.81. The number of rotatable bonds is 2. The average molecular weight is 198 g/mol. The van der Waals surface area contributed by atoms with E-state index >= 15 is 0 Å². The van der Waals surface area contributed by atoms with Crippen molar-refractivity contribution in [2.24, 2.45) is 11.3 Å². The molecule has 1 N–H and O–H groups in total. The molecule has 0 spiro atoms. The van der Waals surface area contributed by atoms with Gasteiger partial charge in [0.1, 0.15) is 0 Å². The zero-order valence-corrected chi connectivity index (χ0v) is 10.4. The average Bonchev–Trinajstić information content (AvgIpc) is 2.01. The summed E-state index contributed by atoms with van der Waals surface area (Å²) >= 11 is 0. The second kappa shape index (κ2) is 4.63. The van der Waals surface area contributed by atoms with Crippen molar-refractivity contribution < 1.29 is 0 Å². The number of nitrogens with one attached hydrogen (secondary N) is 1. The van der Waals surface area contributed by atoms with Gasteiger partial charge in [-0.3, -0.25) is 0 Å². The Hall–Kier alpha value is -0.0800. The summed E-state index contributed by atoms with van der Waals surface area (Å²) in [6.45, 7) is 12.8. The van der Waals surface area contributed by atoms with Gasteiger partial charge in [-0.25, -0.2) is 0 Å². The molecule has 1 rings (SSSR count). The number of piperidine rings is 1. The third kappa shape index (κ3) is 3.58. The van der Waals surface area contributed by atoms with E-state index in [-0.39, 0.29) is 0 Å². The van der Waals surface area contributed by atoms with Crippen LogP contribution in [0.4, 0.5) is 0 Å². The maximum atomic E-state index is 3.49. The van der Waals surface area contributed by atoms with Gasteiger partial charge < -0.3 is 10.2 Å². The molecule has 0 saturated carbocycles. The summed E-state index contributed by atoms with van der Waals surface area (Å²) in [5.74, 6) is 0.837. The highest BCUT2D eigenvalue weighted by molar-refractivity contribution is 4.83. The highest BCUT2D eigenvalue weighted by Gasteiger charge is 2.26. The third-order valence-corrected chi connectivity index (χ3v) is 3.08. The van der Waals surface area contributed by atoms with Crippen LogP contribution in [0.3, 0.4) is 0 Å². The maximum Gasteiger partial charge on any atom is 0.0243 e. The highest BCUT2D eigenvalue weighted by Crippen LogP contribution is 2.21. The molecule has 1 heterocycles. The van der Waals surface area contributed by atoms with Crippen LogP contribution < -0.4 is 5.32 Å². The van der Waals surface area contributed by atoms with Crippen molar-refractivity contribution in [3.05, 3.63) is 0 Å². The van der Waals surface area contributed by atoms with E-state index in [1.54, 1.807) is 0 Å². The minimum absolute atomic E-state index is 0.409. The lowest BCUT2D eigenvalue weighted by Crippen LogP contribution is -2.50. The van der Waals surface area contributed by atoms with Crippen LogP contribution in [0.5, 0.6) is 0 Å². The van der Waals surface area contributed by atoms with Crippen molar-refractivity contribution in [2.45, 2.75) is 40.2 Å². The third-order valence-electron chi connectivity index (χ3n) is 3.08. The molecular weight excluding hydrogens is 172 g/mol. The van der Waals surface area contributed by atoms with Crippen LogP contribution in [0, 0.1) is 11.3 Å². The second-order valence-electron chi connectivity index (χ2n) is 6.01. The Morgan fingerprint density at radius 1 is 1.36 bits per heavy atom. The van der Waals surface area contributed by atoms with Gasteiger partial charge in [0.25, 0.3) is 0 Å². The summed E-state index contributed by atoms with van der Waals surface area (Å²) in [6, 6.07) is 0.725. The minimum atomic E-state index is 0.409. The minimum Gasteiger partial charge on any atom is -0.315 e. The van der Waals surface area contributed by atoms with Crippen LogP contribution in [-0.4, -0.2) is 37.6 Å². The number of likely N-dealkylation sites (N-methyl/N-ethyl adjacent to an activating group) is 1. The van der Waals surface area contributed by atoms with E-state index in [0.29, 0.717) is 5.41 Å². The van der Waals surface area contributed by atoms with Crippen LogP contribution in [0.25, 0.3) is 0 Å². The molecule has 2 atom stereocenters. The lowest BCUT2D eigenvalue weighted by molar-refractivity contribution is 0.113. The molecule has 2 unspecified atom stereocenters. The normalized spacial score (nSPS) is 29.6. The van der Waals surface area contributed by atoms with Gasteiger partial charge in [-0.05, 0) is 31.3 Å². The SMILES string of the molecule is CC1CCNCC1N(C)CC(C)(C)C. The molecule has 0 aromatic carbocycles. The molecule has 1 fully saturated rings. The first-order chi connectivity index (χ1) is 6.40. The molecule has 2 nitrogen and oxygen atoms in total. The fourth-order valence-electron chi connectivity index (χ4n) is 2.43. The van der Waals surface area contributed by atoms with Crippen LogP contribution in [0.1, 0.15) is 34.1 Å². The molecular formula is C12H26N2. The topological polar surface area (TPSA) is 15.3 Å². The largest absolute Gasteiger partial charge is 0.315 e. The lowest BCUT2D eigenvalue weighted by Gasteiger charge is -2.39. The molecule has 1 aliphatic heterocycles. The van der Waals surface area contributed by atoms with E-state index in [0.717, 1.165) is 18.5 Å². The van der Waals surface area contributed by atoms with E-state index in [1.165, 1.54) is 19.5 Å². The van der Waals surface area contributed by atoms with Crippen LogP contribution in [-0.2, 0) is 0 Å². The predicted octanol–water partition coefficient (Wildman–Crippen LogP) is 1.96. The summed E-state index contributed by atoms with van der Waals surface area (Å²) in [5.41, 5.74) is 0.409. The Bertz CT molecular complexity index is 172. The van der Waals surface area contributed by atoms with Gasteiger partial charge in [0, 0.05) is 19.1 Å². The summed E-state index contributed by atoms with van der Waals surface area (Å²) < 4.78 is 0. The van der Waals surface area contributed by atoms with Gasteiger partial charge in [0.2, 0.25) is 0 Å². The molecule has 0 bridgehead atoms. The molecule has 0 radical (unpaired) electrons. The van der Waals surface area contributed by atoms with Gasteiger partial charge in [-0.15, -0.1) is 0 Å². The predicted molar refractivity (Wildman–Crippen MR) is 62.5 cm³/mol. The first-order valence-corrected chi connectivity index (χ1v) is 5.81. The van der Waals surface area contributed by atoms with E-state index in [1.807, 2.05) is 0 Å². The van der Waals surface area contributed by atoms with E-state index < -0.39 is 0 Å². The molecule has 1 saturated heterocycles. The van der Waals surface area contributed by atoms with Crippen molar-refractivity contribution in [1.82, 2.24) is 10.2 Å². The fourth-order valence-corrected chi connectivity index (χ4v) is 2.43. The fraction of sp³-hybridized carbons (Fsp3) is 1.00. The monoisotopic (exact) mass is 198 g/mol. The summed E-state index contributed by atoms with van der Waals surface area (Å²) in [7, 11) is 2.26. The first kappa shape index (κ1) is 12.0. The molecule has 0 amide bonds. The molecule has 0 aromatic rings. The Morgan fingerprint density at radius 2 is 2.00 bits per heavy atom. The Balaban J connectivity index is 2.46. The van der Waals surface area contributed by atoms with Crippen molar-refractivity contribution in [2.75, 3.05) is 26.7 Å². The quantitative estimate of drug-likeness (QED) is 0.730. The van der Waals surface area contributed by atoms with Crippen molar-refractivity contribution in [3.8, 4) is 0 Å². The Labute approximate surface area is 89.1 Å². The summed E-state index contributed by atoms with van der Waals surface area (Å²) in [5, 5.41) is 3.49. The van der Waals surface area contributed by atoms with E-state index in [9.17, 15) is 0 Å². The van der Waals surface area contributed by atoms with E-state index in [2.05, 4.69) is 45.0 Å². The van der Waals surface area contributed by atoms with Crippen LogP contribution in [0.2, 0.25) is 0 Å². The molecule has 84 valence electrons. The van der Waals surface area contributed by atoms with Crippen LogP contribution in [0.15, 0.2) is 0 Å². The highest BCUT2D eigenvalue weighted by atomic mass is 15.2. The molecule has 2 heteroatoms. The standard InChI is InChI=1S/C12H26N2/c1-10-6-7-13-8-11(10)14(5)9-12(2,3)4/h10-11,13H,6-9H2,1-5H3. The smallest absolute Gasteiger partial charge is 0.0243 e. The zero-order chi connectivity index (χ0) is 10.8. The molecule has 0 aliphatic carbocycles. The zero-order valence-electron chi connectivity index (χ0n) is 10.4. The molecule has 0 aromatic heterocycles. The Morgan fingerprint density at radius 3 is 2.50 bits per heavy atom. The number of nitrogens with zero attached hydrogens (tertiary/aromatic N) is 1. The lowest BCUT2D eigenvalue weighted by atomic mass is 9.90. The van der Waals surface area contributed by atoms with Crippen molar-refractivity contribution in [1.29, 1.82) is 0 Å². The Kier molecular flexibility index (Phi) is 3.96. The van der Waals surface area contributed by atoms with Gasteiger partial charge in [-0.1, -0.05) is 27.7 Å². The van der Waals surface area contributed by atoms with Gasteiger partial charge in [0.05, 0.1) is 0 Å². The van der Waals surface area contributed by atoms with Gasteiger partial charge in [0.15, 0.2) is 0 Å². The van der Waals surface area contributed by atoms with Crippen molar-refractivity contribution >= 4 is 0 Å². The molecule has 1 aliphatic rings. The van der Waals surface area contributed by atoms with Gasteiger partial charge in [-0.2, -0.15) is 0 Å². The van der Waals surface area contributed by atoms with Crippen LogP contribution >= 0.6 is 0 Å². The van der Waals surface area contributed by atoms with E-state index in [4.69, 9.17) is 0 Å². The van der Waals surface area contributed by atoms with Gasteiger partial charge >= 0.3 is 0 Å². The van der Waals surface area contributed by atoms with Crippen molar-refractivity contribution in [3.63, 3.8) is 0 Å². The molecule has 14 heavy (non-hydrogen) atoms. The number of hydrogen-bond acceptors (Lipinski definition) is 2. The number of hydrogen-bond donors (Lipinski definition) is 1.